The van der Waals surface area contributed by atoms with Gasteiger partial charge < -0.3 is 10.1 Å². The topological polar surface area (TPSA) is 38.3 Å². The highest BCUT2D eigenvalue weighted by Gasteiger charge is 2.02. The molecule has 0 bridgehead atoms. The molecule has 1 N–H and O–H groups in total. The van der Waals surface area contributed by atoms with Gasteiger partial charge in [-0.05, 0) is 30.7 Å². The molecule has 0 aliphatic carbocycles. The van der Waals surface area contributed by atoms with Gasteiger partial charge in [0.1, 0.15) is 5.75 Å². The standard InChI is InChI=1S/C25H43NO2/c1-3-4-5-6-7-8-9-10-11-12-13-14-15-16-17-18-25(27)26-23-19-21-24(28-2)22-20-23/h19-22H,3-18H2,1-2H3,(H,26,27). The van der Waals surface area contributed by atoms with Crippen molar-refractivity contribution in [1.82, 2.24) is 0 Å². The molecule has 0 spiro atoms. The van der Waals surface area contributed by atoms with E-state index in [0.717, 1.165) is 24.3 Å². The molecule has 1 amide bonds. The van der Waals surface area contributed by atoms with Gasteiger partial charge in [-0.2, -0.15) is 0 Å². The molecule has 3 nitrogen and oxygen atoms in total. The fourth-order valence-corrected chi connectivity index (χ4v) is 3.55. The third-order valence-corrected chi connectivity index (χ3v) is 5.38. The van der Waals surface area contributed by atoms with Crippen LogP contribution in [0.15, 0.2) is 24.3 Å². The molecule has 0 aromatic heterocycles. The number of ether oxygens (including phenoxy) is 1. The average Bonchev–Trinajstić information content (AvgIpc) is 2.71. The molecule has 1 aromatic rings. The van der Waals surface area contributed by atoms with E-state index in [1.807, 2.05) is 24.3 Å². The van der Waals surface area contributed by atoms with Crippen molar-refractivity contribution in [2.45, 2.75) is 110 Å². The Hall–Kier alpha value is -1.51. The Labute approximate surface area is 173 Å². The summed E-state index contributed by atoms with van der Waals surface area (Å²) in [5, 5.41) is 2.95. The summed E-state index contributed by atoms with van der Waals surface area (Å²) >= 11 is 0. The summed E-state index contributed by atoms with van der Waals surface area (Å²) in [4.78, 5) is 12.0. The highest BCUT2D eigenvalue weighted by molar-refractivity contribution is 5.90. The second-order valence-electron chi connectivity index (χ2n) is 7.98. The second kappa shape index (κ2) is 17.6. The lowest BCUT2D eigenvalue weighted by atomic mass is 10.0. The number of anilines is 1. The molecular formula is C25H43NO2. The molecule has 0 heterocycles. The number of nitrogens with one attached hydrogen (secondary N) is 1. The van der Waals surface area contributed by atoms with E-state index < -0.39 is 0 Å². The van der Waals surface area contributed by atoms with E-state index in [1.165, 1.54) is 83.5 Å². The van der Waals surface area contributed by atoms with E-state index in [9.17, 15) is 4.79 Å². The van der Waals surface area contributed by atoms with Crippen molar-refractivity contribution in [2.75, 3.05) is 12.4 Å². The Morgan fingerprint density at radius 3 is 1.57 bits per heavy atom. The highest BCUT2D eigenvalue weighted by Crippen LogP contribution is 2.16. The van der Waals surface area contributed by atoms with Gasteiger partial charge in [-0.15, -0.1) is 0 Å². The molecule has 1 rings (SSSR count). The molecule has 160 valence electrons. The predicted octanol–water partition coefficient (Wildman–Crippen LogP) is 7.90. The molecule has 3 heteroatoms. The van der Waals surface area contributed by atoms with E-state index in [-0.39, 0.29) is 5.91 Å². The van der Waals surface area contributed by atoms with Crippen LogP contribution in [-0.4, -0.2) is 13.0 Å². The predicted molar refractivity (Wildman–Crippen MR) is 121 cm³/mol. The Morgan fingerprint density at radius 1 is 0.714 bits per heavy atom. The van der Waals surface area contributed by atoms with Crippen LogP contribution in [0.5, 0.6) is 5.75 Å². The van der Waals surface area contributed by atoms with Gasteiger partial charge in [0.25, 0.3) is 0 Å². The number of carbonyl (C=O) groups excluding carboxylic acids is 1. The van der Waals surface area contributed by atoms with Gasteiger partial charge in [0.15, 0.2) is 0 Å². The van der Waals surface area contributed by atoms with Crippen LogP contribution in [0.1, 0.15) is 110 Å². The van der Waals surface area contributed by atoms with E-state index in [4.69, 9.17) is 4.74 Å². The number of carbonyl (C=O) groups is 1. The summed E-state index contributed by atoms with van der Waals surface area (Å²) in [5.41, 5.74) is 0.840. The maximum absolute atomic E-state index is 12.0. The van der Waals surface area contributed by atoms with Crippen LogP contribution < -0.4 is 10.1 Å². The summed E-state index contributed by atoms with van der Waals surface area (Å²) in [7, 11) is 1.64. The molecule has 0 saturated carbocycles. The maximum Gasteiger partial charge on any atom is 0.224 e. The highest BCUT2D eigenvalue weighted by atomic mass is 16.5. The zero-order chi connectivity index (χ0) is 20.3. The van der Waals surface area contributed by atoms with Crippen LogP contribution >= 0.6 is 0 Å². The first-order chi connectivity index (χ1) is 13.8. The molecule has 0 atom stereocenters. The SMILES string of the molecule is CCCCCCCCCCCCCCCCCC(=O)Nc1ccc(OC)cc1. The van der Waals surface area contributed by atoms with E-state index in [2.05, 4.69) is 12.2 Å². The van der Waals surface area contributed by atoms with Crippen LogP contribution in [-0.2, 0) is 4.79 Å². The van der Waals surface area contributed by atoms with Gasteiger partial charge in [0.05, 0.1) is 7.11 Å². The second-order valence-corrected chi connectivity index (χ2v) is 7.98. The summed E-state index contributed by atoms with van der Waals surface area (Å²) in [6.07, 6.45) is 20.8. The van der Waals surface area contributed by atoms with Crippen LogP contribution in [0.25, 0.3) is 0 Å². The first-order valence-corrected chi connectivity index (χ1v) is 11.7. The quantitative estimate of drug-likeness (QED) is 0.259. The largest absolute Gasteiger partial charge is 0.497 e. The Morgan fingerprint density at radius 2 is 1.14 bits per heavy atom. The van der Waals surface area contributed by atoms with Crippen LogP contribution in [0.3, 0.4) is 0 Å². The third kappa shape index (κ3) is 13.6. The van der Waals surface area contributed by atoms with Crippen molar-refractivity contribution in [2.24, 2.45) is 0 Å². The van der Waals surface area contributed by atoms with Crippen LogP contribution in [0.2, 0.25) is 0 Å². The monoisotopic (exact) mass is 389 g/mol. The van der Waals surface area contributed by atoms with Crippen molar-refractivity contribution in [1.29, 1.82) is 0 Å². The van der Waals surface area contributed by atoms with Crippen molar-refractivity contribution >= 4 is 11.6 Å². The summed E-state index contributed by atoms with van der Waals surface area (Å²) in [6, 6.07) is 7.48. The summed E-state index contributed by atoms with van der Waals surface area (Å²) < 4.78 is 5.12. The minimum absolute atomic E-state index is 0.111. The van der Waals surface area contributed by atoms with Gasteiger partial charge in [0, 0.05) is 12.1 Å². The minimum atomic E-state index is 0.111. The van der Waals surface area contributed by atoms with Gasteiger partial charge in [-0.25, -0.2) is 0 Å². The van der Waals surface area contributed by atoms with Crippen molar-refractivity contribution < 1.29 is 9.53 Å². The van der Waals surface area contributed by atoms with Crippen LogP contribution in [0.4, 0.5) is 5.69 Å². The molecule has 0 saturated heterocycles. The third-order valence-electron chi connectivity index (χ3n) is 5.38. The first kappa shape index (κ1) is 24.5. The average molecular weight is 390 g/mol. The zero-order valence-corrected chi connectivity index (χ0v) is 18.4. The number of amides is 1. The normalized spacial score (nSPS) is 10.8. The molecule has 0 aliphatic heterocycles. The first-order valence-electron chi connectivity index (χ1n) is 11.7. The molecule has 28 heavy (non-hydrogen) atoms. The number of rotatable bonds is 18. The smallest absolute Gasteiger partial charge is 0.224 e. The number of benzene rings is 1. The lowest BCUT2D eigenvalue weighted by Gasteiger charge is -2.06. The molecule has 0 unspecified atom stereocenters. The van der Waals surface area contributed by atoms with Crippen molar-refractivity contribution in [3.8, 4) is 5.75 Å². The van der Waals surface area contributed by atoms with Gasteiger partial charge >= 0.3 is 0 Å². The van der Waals surface area contributed by atoms with Gasteiger partial charge in [-0.3, -0.25) is 4.79 Å². The van der Waals surface area contributed by atoms with E-state index in [1.54, 1.807) is 7.11 Å². The molecule has 0 fully saturated rings. The fourth-order valence-electron chi connectivity index (χ4n) is 3.55. The van der Waals surface area contributed by atoms with Crippen LogP contribution in [0, 0.1) is 0 Å². The Bertz CT molecular complexity index is 484. The fraction of sp³-hybridized carbons (Fsp3) is 0.720. The molecule has 1 aromatic carbocycles. The van der Waals surface area contributed by atoms with E-state index in [0.29, 0.717) is 6.42 Å². The summed E-state index contributed by atoms with van der Waals surface area (Å²) in [6.45, 7) is 2.28. The Kier molecular flexibility index (Phi) is 15.4. The molecular weight excluding hydrogens is 346 g/mol. The lowest BCUT2D eigenvalue weighted by molar-refractivity contribution is -0.116. The maximum atomic E-state index is 12.0. The number of unbranched alkanes of at least 4 members (excludes halogenated alkanes) is 14. The zero-order valence-electron chi connectivity index (χ0n) is 18.4. The number of methoxy groups -OCH3 is 1. The van der Waals surface area contributed by atoms with E-state index >= 15 is 0 Å². The number of hydrogen-bond acceptors (Lipinski definition) is 2. The summed E-state index contributed by atoms with van der Waals surface area (Å²) in [5.74, 6) is 0.917. The lowest BCUT2D eigenvalue weighted by Crippen LogP contribution is -2.10. The number of hydrogen-bond donors (Lipinski definition) is 1. The van der Waals surface area contributed by atoms with Gasteiger partial charge in [-0.1, -0.05) is 96.8 Å². The minimum Gasteiger partial charge on any atom is -0.497 e. The molecule has 0 radical (unpaired) electrons. The molecule has 0 aliphatic rings. The van der Waals surface area contributed by atoms with Crippen molar-refractivity contribution in [3.63, 3.8) is 0 Å². The van der Waals surface area contributed by atoms with Crippen molar-refractivity contribution in [3.05, 3.63) is 24.3 Å². The van der Waals surface area contributed by atoms with Gasteiger partial charge in [0.2, 0.25) is 5.91 Å². The Balaban J connectivity index is 1.84.